The molecule has 0 amide bonds. The predicted molar refractivity (Wildman–Crippen MR) is 69.7 cm³/mol. The summed E-state index contributed by atoms with van der Waals surface area (Å²) in [6.07, 6.45) is 3.32. The summed E-state index contributed by atoms with van der Waals surface area (Å²) in [5, 5.41) is 0.838. The van der Waals surface area contributed by atoms with Crippen molar-refractivity contribution >= 4 is 21.6 Å². The van der Waals surface area contributed by atoms with Gasteiger partial charge in [-0.1, -0.05) is 0 Å². The third-order valence-electron chi connectivity index (χ3n) is 3.09. The maximum Gasteiger partial charge on any atom is 0.259 e. The number of aromatic amines is 1. The average molecular weight is 249 g/mol. The molecule has 0 spiro atoms. The van der Waals surface area contributed by atoms with E-state index in [0.717, 1.165) is 28.9 Å². The third kappa shape index (κ3) is 1.79. The van der Waals surface area contributed by atoms with Crippen LogP contribution in [0.25, 0.3) is 10.2 Å². The van der Waals surface area contributed by atoms with Crippen LogP contribution in [0, 0.1) is 0 Å². The Morgan fingerprint density at radius 1 is 1.41 bits per heavy atom. The van der Waals surface area contributed by atoms with E-state index in [4.69, 9.17) is 0 Å². The van der Waals surface area contributed by atoms with Crippen LogP contribution in [0.5, 0.6) is 0 Å². The van der Waals surface area contributed by atoms with Gasteiger partial charge in [-0.2, -0.15) is 0 Å². The quantitative estimate of drug-likeness (QED) is 0.878. The van der Waals surface area contributed by atoms with Gasteiger partial charge in [0.25, 0.3) is 5.56 Å². The van der Waals surface area contributed by atoms with E-state index in [1.165, 1.54) is 16.9 Å². The monoisotopic (exact) mass is 249 g/mol. The van der Waals surface area contributed by atoms with Crippen LogP contribution in [-0.4, -0.2) is 29.0 Å². The Labute approximate surface area is 103 Å². The highest BCUT2D eigenvalue weighted by atomic mass is 32.1. The van der Waals surface area contributed by atoms with Gasteiger partial charge in [0.1, 0.15) is 10.7 Å². The lowest BCUT2D eigenvalue weighted by Crippen LogP contribution is -2.18. The number of rotatable bonds is 2. The highest BCUT2D eigenvalue weighted by molar-refractivity contribution is 7.18. The Balaban J connectivity index is 2.18. The zero-order chi connectivity index (χ0) is 12.0. The van der Waals surface area contributed by atoms with Crippen molar-refractivity contribution in [2.45, 2.75) is 25.8 Å². The number of nitrogens with one attached hydrogen (secondary N) is 1. The fraction of sp³-hybridized carbons (Fsp3) is 0.500. The van der Waals surface area contributed by atoms with Gasteiger partial charge in [-0.05, 0) is 38.9 Å². The first kappa shape index (κ1) is 10.9. The molecule has 2 heterocycles. The van der Waals surface area contributed by atoms with Crippen molar-refractivity contribution in [2.75, 3.05) is 14.1 Å². The molecule has 1 aliphatic rings. The van der Waals surface area contributed by atoms with Crippen molar-refractivity contribution in [3.05, 3.63) is 26.6 Å². The number of nitrogens with zero attached hydrogens (tertiary/aromatic N) is 2. The van der Waals surface area contributed by atoms with Crippen LogP contribution in [-0.2, 0) is 19.4 Å². The fourth-order valence-corrected chi connectivity index (χ4v) is 3.70. The predicted octanol–water partition coefficient (Wildman–Crippen LogP) is 1.53. The molecule has 3 rings (SSSR count). The Morgan fingerprint density at radius 3 is 3.00 bits per heavy atom. The van der Waals surface area contributed by atoms with Gasteiger partial charge in [-0.25, -0.2) is 4.98 Å². The summed E-state index contributed by atoms with van der Waals surface area (Å²) >= 11 is 1.69. The summed E-state index contributed by atoms with van der Waals surface area (Å²) < 4.78 is 0. The molecule has 0 atom stereocenters. The van der Waals surface area contributed by atoms with E-state index in [1.807, 2.05) is 19.0 Å². The standard InChI is InChI=1S/C12H15N3OS/c1-15(2)6-9-13-11(16)10-7-4-3-5-8(7)17-12(10)14-9/h3-6H2,1-2H3,(H,13,14,16). The minimum atomic E-state index is 0.0336. The van der Waals surface area contributed by atoms with Crippen molar-refractivity contribution in [1.82, 2.24) is 14.9 Å². The number of hydrogen-bond donors (Lipinski definition) is 1. The first-order chi connectivity index (χ1) is 8.15. The van der Waals surface area contributed by atoms with Gasteiger partial charge < -0.3 is 9.88 Å². The average Bonchev–Trinajstić information content (AvgIpc) is 2.74. The van der Waals surface area contributed by atoms with E-state index >= 15 is 0 Å². The van der Waals surface area contributed by atoms with Gasteiger partial charge in [0.05, 0.1) is 11.9 Å². The summed E-state index contributed by atoms with van der Waals surface area (Å²) in [6.45, 7) is 0.674. The second-order valence-corrected chi connectivity index (χ2v) is 5.87. The maximum atomic E-state index is 12.1. The van der Waals surface area contributed by atoms with E-state index in [2.05, 4.69) is 9.97 Å². The highest BCUT2D eigenvalue weighted by Gasteiger charge is 2.20. The molecule has 0 saturated heterocycles. The third-order valence-corrected chi connectivity index (χ3v) is 4.28. The van der Waals surface area contributed by atoms with Crippen molar-refractivity contribution in [2.24, 2.45) is 0 Å². The maximum absolute atomic E-state index is 12.1. The van der Waals surface area contributed by atoms with Gasteiger partial charge in [0, 0.05) is 4.88 Å². The van der Waals surface area contributed by atoms with E-state index in [-0.39, 0.29) is 5.56 Å². The second-order valence-electron chi connectivity index (χ2n) is 4.79. The van der Waals surface area contributed by atoms with Crippen LogP contribution in [0.1, 0.15) is 22.7 Å². The number of hydrogen-bond acceptors (Lipinski definition) is 4. The molecule has 90 valence electrons. The largest absolute Gasteiger partial charge is 0.309 e. The zero-order valence-corrected chi connectivity index (χ0v) is 10.9. The first-order valence-corrected chi connectivity index (χ1v) is 6.65. The van der Waals surface area contributed by atoms with Gasteiger partial charge in [-0.15, -0.1) is 11.3 Å². The molecule has 17 heavy (non-hydrogen) atoms. The SMILES string of the molecule is CN(C)Cc1nc2sc3c(c2c(=O)[nH]1)CCC3. The molecule has 2 aromatic rings. The molecule has 1 N–H and O–H groups in total. The molecule has 4 nitrogen and oxygen atoms in total. The van der Waals surface area contributed by atoms with E-state index in [9.17, 15) is 4.79 Å². The molecule has 2 aromatic heterocycles. The molecule has 1 aliphatic carbocycles. The Morgan fingerprint density at radius 2 is 2.24 bits per heavy atom. The van der Waals surface area contributed by atoms with Crippen LogP contribution >= 0.6 is 11.3 Å². The molecular formula is C12H15N3OS. The molecular weight excluding hydrogens is 234 g/mol. The second kappa shape index (κ2) is 3.92. The van der Waals surface area contributed by atoms with Crippen LogP contribution in [0.3, 0.4) is 0 Å². The Kier molecular flexibility index (Phi) is 2.52. The summed E-state index contributed by atoms with van der Waals surface area (Å²) in [6, 6.07) is 0. The molecule has 0 aliphatic heterocycles. The van der Waals surface area contributed by atoms with Crippen molar-refractivity contribution < 1.29 is 0 Å². The fourth-order valence-electron chi connectivity index (χ4n) is 2.42. The summed E-state index contributed by atoms with van der Waals surface area (Å²) in [4.78, 5) is 23.8. The van der Waals surface area contributed by atoms with Gasteiger partial charge in [-0.3, -0.25) is 4.79 Å². The lowest BCUT2D eigenvalue weighted by molar-refractivity contribution is 0.390. The topological polar surface area (TPSA) is 49.0 Å². The Bertz CT molecular complexity index is 626. The smallest absolute Gasteiger partial charge is 0.259 e. The van der Waals surface area contributed by atoms with Crippen molar-refractivity contribution in [1.29, 1.82) is 0 Å². The number of aryl methyl sites for hydroxylation is 2. The summed E-state index contributed by atoms with van der Waals surface area (Å²) in [5.41, 5.74) is 1.28. The minimum Gasteiger partial charge on any atom is -0.309 e. The number of thiophene rings is 1. The van der Waals surface area contributed by atoms with E-state index in [0.29, 0.717) is 6.54 Å². The summed E-state index contributed by atoms with van der Waals surface area (Å²) in [5.74, 6) is 0.757. The van der Waals surface area contributed by atoms with Crippen LogP contribution < -0.4 is 5.56 Å². The number of H-pyrrole nitrogens is 1. The minimum absolute atomic E-state index is 0.0336. The molecule has 0 saturated carbocycles. The molecule has 0 fully saturated rings. The molecule has 0 aromatic carbocycles. The highest BCUT2D eigenvalue weighted by Crippen LogP contribution is 2.34. The lowest BCUT2D eigenvalue weighted by Gasteiger charge is -2.08. The lowest BCUT2D eigenvalue weighted by atomic mass is 10.2. The van der Waals surface area contributed by atoms with Crippen LogP contribution in [0.15, 0.2) is 4.79 Å². The molecule has 5 heteroatoms. The molecule has 0 bridgehead atoms. The van der Waals surface area contributed by atoms with Crippen LogP contribution in [0.4, 0.5) is 0 Å². The number of aromatic nitrogens is 2. The molecule has 0 radical (unpaired) electrons. The van der Waals surface area contributed by atoms with E-state index in [1.54, 1.807) is 11.3 Å². The van der Waals surface area contributed by atoms with Gasteiger partial charge in [0.15, 0.2) is 0 Å². The van der Waals surface area contributed by atoms with Crippen molar-refractivity contribution in [3.63, 3.8) is 0 Å². The first-order valence-electron chi connectivity index (χ1n) is 5.83. The zero-order valence-electron chi connectivity index (χ0n) is 10.0. The van der Waals surface area contributed by atoms with Crippen molar-refractivity contribution in [3.8, 4) is 0 Å². The number of fused-ring (bicyclic) bond motifs is 3. The van der Waals surface area contributed by atoms with Crippen LogP contribution in [0.2, 0.25) is 0 Å². The Hall–Kier alpha value is -1.20. The molecule has 0 unspecified atom stereocenters. The normalized spacial score (nSPS) is 14.8. The van der Waals surface area contributed by atoms with E-state index < -0.39 is 0 Å². The van der Waals surface area contributed by atoms with Gasteiger partial charge in [0.2, 0.25) is 0 Å². The van der Waals surface area contributed by atoms with Gasteiger partial charge >= 0.3 is 0 Å². The summed E-state index contributed by atoms with van der Waals surface area (Å²) in [7, 11) is 3.94.